The maximum Gasteiger partial charge on any atom is 0.356 e. The second-order valence-corrected chi connectivity index (χ2v) is 3.46. The predicted molar refractivity (Wildman–Crippen MR) is 54.0 cm³/mol. The first-order chi connectivity index (χ1) is 7.58. The van der Waals surface area contributed by atoms with Crippen LogP contribution in [0.15, 0.2) is 12.5 Å². The predicted octanol–water partition coefficient (Wildman–Crippen LogP) is 0.0665. The lowest BCUT2D eigenvalue weighted by Gasteiger charge is -2.01. The molecule has 16 heavy (non-hydrogen) atoms. The highest BCUT2D eigenvalue weighted by molar-refractivity contribution is 5.84. The highest BCUT2D eigenvalue weighted by atomic mass is 16.4. The molecule has 0 saturated heterocycles. The summed E-state index contributed by atoms with van der Waals surface area (Å²) in [5.41, 5.74) is 0.0268. The smallest absolute Gasteiger partial charge is 0.356 e. The molecule has 0 unspecified atom stereocenters. The minimum Gasteiger partial charge on any atom is -0.476 e. The fourth-order valence-electron chi connectivity index (χ4n) is 1.31. The molecule has 2 heterocycles. The van der Waals surface area contributed by atoms with Crippen molar-refractivity contribution in [1.29, 1.82) is 0 Å². The molecule has 0 radical (unpaired) electrons. The third-order valence-corrected chi connectivity index (χ3v) is 2.36. The van der Waals surface area contributed by atoms with Crippen molar-refractivity contribution in [3.05, 3.63) is 29.9 Å². The van der Waals surface area contributed by atoms with Gasteiger partial charge in [0.1, 0.15) is 5.82 Å². The molecule has 0 atom stereocenters. The largest absolute Gasteiger partial charge is 0.476 e. The van der Waals surface area contributed by atoms with Crippen LogP contribution >= 0.6 is 0 Å². The van der Waals surface area contributed by atoms with Crippen LogP contribution in [0.4, 0.5) is 0 Å². The van der Waals surface area contributed by atoms with Crippen molar-refractivity contribution in [2.75, 3.05) is 0 Å². The molecule has 0 aliphatic rings. The molecule has 7 nitrogen and oxygen atoms in total. The SMILES string of the molecule is Cc1nnc(Cn2cnc(C(=O)O)c2)n1C. The van der Waals surface area contributed by atoms with Gasteiger partial charge in [0.15, 0.2) is 11.5 Å². The van der Waals surface area contributed by atoms with Crippen LogP contribution in [0.1, 0.15) is 22.1 Å². The third-order valence-electron chi connectivity index (χ3n) is 2.36. The summed E-state index contributed by atoms with van der Waals surface area (Å²) in [5.74, 6) is 0.535. The molecule has 2 aromatic heterocycles. The van der Waals surface area contributed by atoms with Gasteiger partial charge in [0.05, 0.1) is 12.9 Å². The monoisotopic (exact) mass is 221 g/mol. The molecule has 1 N–H and O–H groups in total. The van der Waals surface area contributed by atoms with E-state index in [0.29, 0.717) is 6.54 Å². The second-order valence-electron chi connectivity index (χ2n) is 3.46. The molecule has 2 rings (SSSR count). The Morgan fingerprint density at radius 3 is 2.75 bits per heavy atom. The van der Waals surface area contributed by atoms with Gasteiger partial charge in [-0.1, -0.05) is 0 Å². The Labute approximate surface area is 91.4 Å². The summed E-state index contributed by atoms with van der Waals surface area (Å²) < 4.78 is 3.51. The summed E-state index contributed by atoms with van der Waals surface area (Å²) in [6.45, 7) is 2.31. The Hall–Kier alpha value is -2.18. The van der Waals surface area contributed by atoms with Crippen LogP contribution < -0.4 is 0 Å². The molecule has 0 aliphatic carbocycles. The maximum absolute atomic E-state index is 10.6. The number of aromatic nitrogens is 5. The first-order valence-electron chi connectivity index (χ1n) is 4.68. The highest BCUT2D eigenvalue weighted by Crippen LogP contribution is 2.02. The number of hydrogen-bond acceptors (Lipinski definition) is 4. The molecule has 0 bridgehead atoms. The van der Waals surface area contributed by atoms with Gasteiger partial charge in [-0.2, -0.15) is 0 Å². The minimum absolute atomic E-state index is 0.0268. The Bertz CT molecular complexity index is 528. The van der Waals surface area contributed by atoms with Crippen LogP contribution in [0.25, 0.3) is 0 Å². The number of carbonyl (C=O) groups is 1. The number of aromatic carboxylic acids is 1. The van der Waals surface area contributed by atoms with Crippen LogP contribution in [-0.4, -0.2) is 35.4 Å². The van der Waals surface area contributed by atoms with E-state index in [1.807, 2.05) is 18.5 Å². The zero-order valence-electron chi connectivity index (χ0n) is 8.95. The van der Waals surface area contributed by atoms with Gasteiger partial charge in [-0.15, -0.1) is 10.2 Å². The van der Waals surface area contributed by atoms with E-state index >= 15 is 0 Å². The van der Waals surface area contributed by atoms with Crippen LogP contribution in [0, 0.1) is 6.92 Å². The number of carboxylic acid groups (broad SMARTS) is 1. The van der Waals surface area contributed by atoms with Crippen molar-refractivity contribution in [1.82, 2.24) is 24.3 Å². The summed E-state index contributed by atoms with van der Waals surface area (Å²) >= 11 is 0. The first-order valence-corrected chi connectivity index (χ1v) is 4.68. The van der Waals surface area contributed by atoms with Gasteiger partial charge in [0, 0.05) is 13.2 Å². The first kappa shape index (κ1) is 10.3. The van der Waals surface area contributed by atoms with Gasteiger partial charge in [-0.25, -0.2) is 9.78 Å². The van der Waals surface area contributed by atoms with Crippen molar-refractivity contribution >= 4 is 5.97 Å². The van der Waals surface area contributed by atoms with E-state index in [2.05, 4.69) is 15.2 Å². The van der Waals surface area contributed by atoms with Crippen LogP contribution in [0.2, 0.25) is 0 Å². The summed E-state index contributed by atoms with van der Waals surface area (Å²) in [7, 11) is 1.86. The van der Waals surface area contributed by atoms with Gasteiger partial charge in [-0.05, 0) is 6.92 Å². The van der Waals surface area contributed by atoms with Gasteiger partial charge >= 0.3 is 5.97 Å². The molecule has 0 aliphatic heterocycles. The van der Waals surface area contributed by atoms with Gasteiger partial charge in [-0.3, -0.25) is 0 Å². The Balaban J connectivity index is 2.21. The Morgan fingerprint density at radius 1 is 1.50 bits per heavy atom. The maximum atomic E-state index is 10.6. The summed E-state index contributed by atoms with van der Waals surface area (Å²) in [5, 5.41) is 16.6. The quantitative estimate of drug-likeness (QED) is 0.792. The van der Waals surface area contributed by atoms with Crippen molar-refractivity contribution < 1.29 is 9.90 Å². The molecule has 0 amide bonds. The fourth-order valence-corrected chi connectivity index (χ4v) is 1.31. The standard InChI is InChI=1S/C9H11N5O2/c1-6-11-12-8(13(6)2)4-14-3-7(9(15)16)10-5-14/h3,5H,4H2,1-2H3,(H,15,16). The molecule has 0 aromatic carbocycles. The summed E-state index contributed by atoms with van der Waals surface area (Å²) in [6.07, 6.45) is 2.93. The number of imidazole rings is 1. The number of hydrogen-bond donors (Lipinski definition) is 1. The van der Waals surface area contributed by atoms with E-state index in [-0.39, 0.29) is 5.69 Å². The molecular formula is C9H11N5O2. The van der Waals surface area contributed by atoms with E-state index < -0.39 is 5.97 Å². The average molecular weight is 221 g/mol. The minimum atomic E-state index is -1.03. The van der Waals surface area contributed by atoms with E-state index in [1.54, 1.807) is 4.57 Å². The fraction of sp³-hybridized carbons (Fsp3) is 0.333. The highest BCUT2D eigenvalue weighted by Gasteiger charge is 2.09. The van der Waals surface area contributed by atoms with Gasteiger partial charge in [0.25, 0.3) is 0 Å². The number of carboxylic acids is 1. The van der Waals surface area contributed by atoms with Gasteiger partial charge in [0.2, 0.25) is 0 Å². The molecule has 0 spiro atoms. The average Bonchev–Trinajstić information content (AvgIpc) is 2.81. The Kier molecular flexibility index (Phi) is 2.43. The second kappa shape index (κ2) is 3.76. The summed E-state index contributed by atoms with van der Waals surface area (Å²) in [4.78, 5) is 14.4. The lowest BCUT2D eigenvalue weighted by Crippen LogP contribution is -2.05. The zero-order valence-corrected chi connectivity index (χ0v) is 8.95. The van der Waals surface area contributed by atoms with E-state index in [1.165, 1.54) is 12.5 Å². The lowest BCUT2D eigenvalue weighted by atomic mass is 10.5. The van der Waals surface area contributed by atoms with Crippen molar-refractivity contribution in [2.24, 2.45) is 7.05 Å². The lowest BCUT2D eigenvalue weighted by molar-refractivity contribution is 0.0691. The third kappa shape index (κ3) is 1.79. The number of aryl methyl sites for hydroxylation is 1. The van der Waals surface area contributed by atoms with Gasteiger partial charge < -0.3 is 14.2 Å². The van der Waals surface area contributed by atoms with E-state index in [0.717, 1.165) is 11.6 Å². The molecular weight excluding hydrogens is 210 g/mol. The number of nitrogens with zero attached hydrogens (tertiary/aromatic N) is 5. The van der Waals surface area contributed by atoms with Crippen LogP contribution in [0.5, 0.6) is 0 Å². The normalized spacial score (nSPS) is 10.6. The molecule has 0 saturated carbocycles. The molecule has 7 heteroatoms. The van der Waals surface area contributed by atoms with E-state index in [9.17, 15) is 4.79 Å². The number of rotatable bonds is 3. The van der Waals surface area contributed by atoms with Crippen molar-refractivity contribution in [3.8, 4) is 0 Å². The Morgan fingerprint density at radius 2 is 2.25 bits per heavy atom. The van der Waals surface area contributed by atoms with Crippen molar-refractivity contribution in [2.45, 2.75) is 13.5 Å². The van der Waals surface area contributed by atoms with Crippen LogP contribution in [0.3, 0.4) is 0 Å². The zero-order chi connectivity index (χ0) is 11.7. The summed E-state index contributed by atoms with van der Waals surface area (Å²) in [6, 6.07) is 0. The van der Waals surface area contributed by atoms with Crippen molar-refractivity contribution in [3.63, 3.8) is 0 Å². The van der Waals surface area contributed by atoms with Crippen LogP contribution in [-0.2, 0) is 13.6 Å². The van der Waals surface area contributed by atoms with E-state index in [4.69, 9.17) is 5.11 Å². The molecule has 0 fully saturated rings. The molecule has 2 aromatic rings. The molecule has 84 valence electrons. The topological polar surface area (TPSA) is 85.8 Å².